The van der Waals surface area contributed by atoms with Gasteiger partial charge in [-0.25, -0.2) is 9.18 Å². The lowest BCUT2D eigenvalue weighted by Gasteiger charge is -2.21. The summed E-state index contributed by atoms with van der Waals surface area (Å²) < 4.78 is 13.9. The maximum atomic E-state index is 13.9. The normalized spacial score (nSPS) is 17.3. The first-order valence-corrected chi connectivity index (χ1v) is 8.24. The molecule has 0 bridgehead atoms. The van der Waals surface area contributed by atoms with E-state index in [1.807, 2.05) is 0 Å². The van der Waals surface area contributed by atoms with Crippen molar-refractivity contribution in [1.29, 1.82) is 0 Å². The number of anilines is 1. The fourth-order valence-corrected chi connectivity index (χ4v) is 3.04. The van der Waals surface area contributed by atoms with Crippen molar-refractivity contribution < 1.29 is 14.0 Å². The largest absolute Gasteiger partial charge is 0.366 e. The lowest BCUT2D eigenvalue weighted by atomic mass is 10.1. The van der Waals surface area contributed by atoms with Gasteiger partial charge in [-0.05, 0) is 50.6 Å². The van der Waals surface area contributed by atoms with Crippen LogP contribution in [0.5, 0.6) is 0 Å². The second-order valence-corrected chi connectivity index (χ2v) is 6.35. The molecule has 0 spiro atoms. The molecule has 1 fully saturated rings. The summed E-state index contributed by atoms with van der Waals surface area (Å²) in [6.45, 7) is 5.47. The molecular formula is C17H25FN4O2. The quantitative estimate of drug-likeness (QED) is 0.835. The number of urea groups is 1. The van der Waals surface area contributed by atoms with E-state index in [-0.39, 0.29) is 17.3 Å². The first-order chi connectivity index (χ1) is 11.4. The van der Waals surface area contributed by atoms with Crippen LogP contribution in [0, 0.1) is 11.7 Å². The Balaban J connectivity index is 1.90. The number of carbonyl (C=O) groups excluding carboxylic acids is 2. The highest BCUT2D eigenvalue weighted by Gasteiger charge is 2.27. The van der Waals surface area contributed by atoms with Gasteiger partial charge in [-0.1, -0.05) is 6.92 Å². The number of nitrogens with zero attached hydrogens (tertiary/aromatic N) is 2. The van der Waals surface area contributed by atoms with Gasteiger partial charge >= 0.3 is 6.03 Å². The van der Waals surface area contributed by atoms with E-state index in [1.165, 1.54) is 12.1 Å². The fraction of sp³-hybridized carbons (Fsp3) is 0.529. The molecule has 1 saturated heterocycles. The van der Waals surface area contributed by atoms with Crippen LogP contribution in [0.25, 0.3) is 0 Å². The molecule has 3 amide bonds. The Morgan fingerprint density at radius 2 is 2.21 bits per heavy atom. The van der Waals surface area contributed by atoms with Crippen LogP contribution in [0.1, 0.15) is 30.1 Å². The van der Waals surface area contributed by atoms with Gasteiger partial charge in [0.1, 0.15) is 5.82 Å². The van der Waals surface area contributed by atoms with E-state index in [1.54, 1.807) is 4.90 Å². The highest BCUT2D eigenvalue weighted by atomic mass is 19.1. The Morgan fingerprint density at radius 1 is 1.46 bits per heavy atom. The molecule has 0 unspecified atom stereocenters. The summed E-state index contributed by atoms with van der Waals surface area (Å²) in [6, 6.07) is 3.47. The molecule has 6 nitrogen and oxygen atoms in total. The number of primary amides is 1. The summed E-state index contributed by atoms with van der Waals surface area (Å²) in [6.07, 6.45) is 2.05. The van der Waals surface area contributed by atoms with Crippen LogP contribution in [-0.2, 0) is 0 Å². The second kappa shape index (κ2) is 8.10. The van der Waals surface area contributed by atoms with Crippen molar-refractivity contribution in [1.82, 2.24) is 9.80 Å². The van der Waals surface area contributed by atoms with Crippen LogP contribution in [0.15, 0.2) is 18.2 Å². The second-order valence-electron chi connectivity index (χ2n) is 6.35. The van der Waals surface area contributed by atoms with Crippen molar-refractivity contribution in [3.8, 4) is 0 Å². The van der Waals surface area contributed by atoms with Gasteiger partial charge in [0, 0.05) is 25.2 Å². The SMILES string of the molecule is CCCN(C)C[C@@H]1CCN(C(=O)Nc2ccc(C(N)=O)cc2F)C1. The summed E-state index contributed by atoms with van der Waals surface area (Å²) in [4.78, 5) is 27.3. The molecule has 1 atom stereocenters. The molecule has 1 heterocycles. The minimum absolute atomic E-state index is 0.0524. The minimum atomic E-state index is -0.703. The average molecular weight is 336 g/mol. The summed E-state index contributed by atoms with van der Waals surface area (Å²) >= 11 is 0. The van der Waals surface area contributed by atoms with Gasteiger partial charge in [-0.3, -0.25) is 4.79 Å². The third-order valence-electron chi connectivity index (χ3n) is 4.24. The number of rotatable bonds is 6. The lowest BCUT2D eigenvalue weighted by molar-refractivity contribution is 0.1000. The molecule has 1 aromatic rings. The molecule has 7 heteroatoms. The Hall–Kier alpha value is -2.15. The van der Waals surface area contributed by atoms with E-state index >= 15 is 0 Å². The third kappa shape index (κ3) is 4.67. The number of halogens is 1. The Kier molecular flexibility index (Phi) is 6.14. The smallest absolute Gasteiger partial charge is 0.321 e. The molecule has 1 aliphatic heterocycles. The van der Waals surface area contributed by atoms with E-state index in [4.69, 9.17) is 5.73 Å². The van der Waals surface area contributed by atoms with Crippen LogP contribution in [0.3, 0.4) is 0 Å². The highest BCUT2D eigenvalue weighted by molar-refractivity contribution is 5.94. The Morgan fingerprint density at radius 3 is 2.83 bits per heavy atom. The number of amides is 3. The van der Waals surface area contributed by atoms with Crippen molar-refractivity contribution in [3.05, 3.63) is 29.6 Å². The standard InChI is InChI=1S/C17H25FN4O2/c1-3-7-21(2)10-12-6-8-22(11-12)17(24)20-15-5-4-13(16(19)23)9-14(15)18/h4-5,9,12H,3,6-8,10-11H2,1-2H3,(H2,19,23)(H,20,24)/t12-/m0/s1. The van der Waals surface area contributed by atoms with Crippen molar-refractivity contribution in [3.63, 3.8) is 0 Å². The summed E-state index contributed by atoms with van der Waals surface area (Å²) in [7, 11) is 2.09. The highest BCUT2D eigenvalue weighted by Crippen LogP contribution is 2.20. The monoisotopic (exact) mass is 336 g/mol. The molecule has 1 aromatic carbocycles. The van der Waals surface area contributed by atoms with Gasteiger partial charge < -0.3 is 20.9 Å². The van der Waals surface area contributed by atoms with Gasteiger partial charge in [-0.15, -0.1) is 0 Å². The first-order valence-electron chi connectivity index (χ1n) is 8.24. The topological polar surface area (TPSA) is 78.7 Å². The molecule has 1 aliphatic rings. The number of nitrogens with two attached hydrogens (primary N) is 1. The lowest BCUT2D eigenvalue weighted by Crippen LogP contribution is -2.35. The molecule has 0 aromatic heterocycles. The Labute approximate surface area is 141 Å². The zero-order valence-corrected chi connectivity index (χ0v) is 14.2. The van der Waals surface area contributed by atoms with Crippen molar-refractivity contribution >= 4 is 17.6 Å². The summed E-state index contributed by atoms with van der Waals surface area (Å²) in [5, 5.41) is 2.56. The number of nitrogens with one attached hydrogen (secondary N) is 1. The Bertz CT molecular complexity index is 608. The van der Waals surface area contributed by atoms with Crippen LogP contribution in [0.2, 0.25) is 0 Å². The number of hydrogen-bond acceptors (Lipinski definition) is 3. The van der Waals surface area contributed by atoms with Crippen LogP contribution < -0.4 is 11.1 Å². The number of likely N-dealkylation sites (tertiary alicyclic amines) is 1. The molecule has 3 N–H and O–H groups in total. The molecule has 2 rings (SSSR count). The van der Waals surface area contributed by atoms with Crippen molar-refractivity contribution in [2.45, 2.75) is 19.8 Å². The van der Waals surface area contributed by atoms with Crippen molar-refractivity contribution in [2.75, 3.05) is 38.5 Å². The van der Waals surface area contributed by atoms with Gasteiger partial charge in [0.25, 0.3) is 0 Å². The number of benzene rings is 1. The van der Waals surface area contributed by atoms with Crippen molar-refractivity contribution in [2.24, 2.45) is 11.7 Å². The van der Waals surface area contributed by atoms with Crippen LogP contribution >= 0.6 is 0 Å². The van der Waals surface area contributed by atoms with E-state index in [9.17, 15) is 14.0 Å². The zero-order valence-electron chi connectivity index (χ0n) is 14.2. The fourth-order valence-electron chi connectivity index (χ4n) is 3.04. The van der Waals surface area contributed by atoms with E-state index in [0.29, 0.717) is 19.0 Å². The minimum Gasteiger partial charge on any atom is -0.366 e. The zero-order chi connectivity index (χ0) is 17.7. The van der Waals surface area contributed by atoms with Gasteiger partial charge in [-0.2, -0.15) is 0 Å². The van der Waals surface area contributed by atoms with Gasteiger partial charge in [0.05, 0.1) is 5.69 Å². The summed E-state index contributed by atoms with van der Waals surface area (Å²) in [5.41, 5.74) is 5.23. The molecule has 0 aliphatic carbocycles. The predicted octanol–water partition coefficient (Wildman–Crippen LogP) is 2.12. The maximum absolute atomic E-state index is 13.9. The van der Waals surface area contributed by atoms with Gasteiger partial charge in [0.2, 0.25) is 5.91 Å². The van der Waals surface area contributed by atoms with Gasteiger partial charge in [0.15, 0.2) is 0 Å². The first kappa shape index (κ1) is 18.2. The molecular weight excluding hydrogens is 311 g/mol. The van der Waals surface area contributed by atoms with Crippen LogP contribution in [-0.4, -0.2) is 55.0 Å². The molecule has 0 radical (unpaired) electrons. The predicted molar refractivity (Wildman–Crippen MR) is 91.4 cm³/mol. The number of hydrogen-bond donors (Lipinski definition) is 2. The maximum Gasteiger partial charge on any atom is 0.321 e. The molecule has 132 valence electrons. The summed E-state index contributed by atoms with van der Waals surface area (Å²) in [5.74, 6) is -0.933. The number of carbonyl (C=O) groups is 2. The van der Waals surface area contributed by atoms with Crippen LogP contribution in [0.4, 0.5) is 14.9 Å². The average Bonchev–Trinajstić information content (AvgIpc) is 2.97. The van der Waals surface area contributed by atoms with E-state index in [0.717, 1.165) is 32.0 Å². The third-order valence-corrected chi connectivity index (χ3v) is 4.24. The van der Waals surface area contributed by atoms with E-state index < -0.39 is 11.7 Å². The van der Waals surface area contributed by atoms with E-state index in [2.05, 4.69) is 24.2 Å². The molecule has 24 heavy (non-hydrogen) atoms. The molecule has 0 saturated carbocycles.